The number of aryl methyl sites for hydroxylation is 1. The Morgan fingerprint density at radius 2 is 1.83 bits per heavy atom. The molecule has 0 atom stereocenters. The number of hydrogen-bond acceptors (Lipinski definition) is 5. The Labute approximate surface area is 173 Å². The van der Waals surface area contributed by atoms with Gasteiger partial charge in [0, 0.05) is 37.5 Å². The smallest absolute Gasteiger partial charge is 0.285 e. The van der Waals surface area contributed by atoms with E-state index < -0.39 is 0 Å². The first-order chi connectivity index (χ1) is 13.8. The first kappa shape index (κ1) is 20.6. The lowest BCUT2D eigenvalue weighted by atomic mass is 10.1. The van der Waals surface area contributed by atoms with Gasteiger partial charge in [0.2, 0.25) is 5.91 Å². The lowest BCUT2D eigenvalue weighted by molar-refractivity contribution is -0.118. The minimum absolute atomic E-state index is 0.0701. The Bertz CT molecular complexity index is 970. The highest BCUT2D eigenvalue weighted by molar-refractivity contribution is 8.13. The van der Waals surface area contributed by atoms with E-state index in [1.54, 1.807) is 44.4 Å². The fourth-order valence-corrected chi connectivity index (χ4v) is 3.34. The number of hydrazone groups is 1. The van der Waals surface area contributed by atoms with E-state index in [0.29, 0.717) is 17.1 Å². The molecule has 1 N–H and O–H groups in total. The quantitative estimate of drug-likeness (QED) is 0.776. The van der Waals surface area contributed by atoms with Gasteiger partial charge in [0.05, 0.1) is 5.69 Å². The molecule has 150 valence electrons. The normalized spacial score (nSPS) is 13.7. The Balaban J connectivity index is 1.70. The third-order valence-corrected chi connectivity index (χ3v) is 5.27. The number of hydrogen-bond donors (Lipinski definition) is 1. The van der Waals surface area contributed by atoms with E-state index >= 15 is 0 Å². The van der Waals surface area contributed by atoms with Gasteiger partial charge in [-0.15, -0.1) is 0 Å². The third kappa shape index (κ3) is 5.23. The van der Waals surface area contributed by atoms with Crippen LogP contribution < -0.4 is 10.3 Å². The van der Waals surface area contributed by atoms with Crippen LogP contribution >= 0.6 is 11.8 Å². The Morgan fingerprint density at radius 3 is 2.48 bits per heavy atom. The standard InChI is InChI=1S/C21H22N4O3S/c1-14-5-4-6-16(13-14)25-19(26)12-11-18(23-25)20(27)22-15-7-9-17(10-8-15)29-21(28)24(2)3/h4-10,13H,11-12H2,1-3H3,(H,22,27). The summed E-state index contributed by atoms with van der Waals surface area (Å²) in [5.41, 5.74) is 2.55. The van der Waals surface area contributed by atoms with Crippen LogP contribution in [0.25, 0.3) is 0 Å². The molecule has 29 heavy (non-hydrogen) atoms. The molecule has 0 spiro atoms. The Hall–Kier alpha value is -3.13. The van der Waals surface area contributed by atoms with Crippen molar-refractivity contribution in [3.05, 3.63) is 54.1 Å². The summed E-state index contributed by atoms with van der Waals surface area (Å²) in [6.45, 7) is 1.93. The topological polar surface area (TPSA) is 82.1 Å². The second-order valence-electron chi connectivity index (χ2n) is 6.83. The molecule has 0 bridgehead atoms. The van der Waals surface area contributed by atoms with Gasteiger partial charge >= 0.3 is 0 Å². The Kier molecular flexibility index (Phi) is 6.33. The highest BCUT2D eigenvalue weighted by Crippen LogP contribution is 2.24. The molecule has 0 unspecified atom stereocenters. The van der Waals surface area contributed by atoms with Crippen molar-refractivity contribution in [2.24, 2.45) is 5.10 Å². The van der Waals surface area contributed by atoms with E-state index in [4.69, 9.17) is 0 Å². The van der Waals surface area contributed by atoms with Gasteiger partial charge in [0.1, 0.15) is 5.71 Å². The molecule has 1 heterocycles. The molecule has 0 radical (unpaired) electrons. The molecule has 3 amide bonds. The average molecular weight is 410 g/mol. The Morgan fingerprint density at radius 1 is 1.10 bits per heavy atom. The average Bonchev–Trinajstić information content (AvgIpc) is 2.69. The highest BCUT2D eigenvalue weighted by atomic mass is 32.2. The number of nitrogens with zero attached hydrogens (tertiary/aromatic N) is 3. The fourth-order valence-electron chi connectivity index (χ4n) is 2.68. The van der Waals surface area contributed by atoms with Gasteiger partial charge in [-0.3, -0.25) is 14.4 Å². The molecule has 3 rings (SSSR count). The summed E-state index contributed by atoms with van der Waals surface area (Å²) in [7, 11) is 3.39. The van der Waals surface area contributed by atoms with Crippen LogP contribution in [0, 0.1) is 6.92 Å². The summed E-state index contributed by atoms with van der Waals surface area (Å²) in [5.74, 6) is -0.487. The summed E-state index contributed by atoms with van der Waals surface area (Å²) in [6, 6.07) is 14.4. The van der Waals surface area contributed by atoms with Crippen molar-refractivity contribution in [1.82, 2.24) is 4.90 Å². The van der Waals surface area contributed by atoms with Crippen LogP contribution in [0.4, 0.5) is 16.2 Å². The summed E-state index contributed by atoms with van der Waals surface area (Å²) in [5, 5.41) is 8.30. The zero-order valence-corrected chi connectivity index (χ0v) is 17.3. The van der Waals surface area contributed by atoms with Crippen molar-refractivity contribution < 1.29 is 14.4 Å². The molecule has 2 aromatic rings. The van der Waals surface area contributed by atoms with Crippen LogP contribution in [-0.4, -0.2) is 41.8 Å². The fraction of sp³-hybridized carbons (Fsp3) is 0.238. The molecule has 2 aromatic carbocycles. The predicted molar refractivity (Wildman–Crippen MR) is 115 cm³/mol. The molecule has 0 saturated heterocycles. The van der Waals surface area contributed by atoms with E-state index in [1.807, 2.05) is 25.1 Å². The van der Waals surface area contributed by atoms with Crippen LogP contribution in [-0.2, 0) is 9.59 Å². The zero-order chi connectivity index (χ0) is 21.0. The molecule has 7 nitrogen and oxygen atoms in total. The maximum atomic E-state index is 12.6. The number of thioether (sulfide) groups is 1. The first-order valence-electron chi connectivity index (χ1n) is 9.11. The summed E-state index contributed by atoms with van der Waals surface area (Å²) in [6.07, 6.45) is 0.515. The van der Waals surface area contributed by atoms with E-state index in [1.165, 1.54) is 9.91 Å². The summed E-state index contributed by atoms with van der Waals surface area (Å²) < 4.78 is 0. The van der Waals surface area contributed by atoms with Crippen LogP contribution in [0.2, 0.25) is 0 Å². The largest absolute Gasteiger partial charge is 0.339 e. The number of carbonyl (C=O) groups is 3. The number of rotatable bonds is 4. The molecule has 1 aliphatic rings. The predicted octanol–water partition coefficient (Wildman–Crippen LogP) is 3.89. The number of benzene rings is 2. The molecule has 0 aromatic heterocycles. The number of anilines is 2. The van der Waals surface area contributed by atoms with Gasteiger partial charge in [-0.1, -0.05) is 12.1 Å². The van der Waals surface area contributed by atoms with Crippen LogP contribution in [0.5, 0.6) is 0 Å². The van der Waals surface area contributed by atoms with Crippen LogP contribution in [0.15, 0.2) is 58.5 Å². The molecule has 0 aliphatic carbocycles. The van der Waals surface area contributed by atoms with Gasteiger partial charge in [-0.05, 0) is 60.6 Å². The maximum Gasteiger partial charge on any atom is 0.285 e. The summed E-state index contributed by atoms with van der Waals surface area (Å²) in [4.78, 5) is 38.9. The van der Waals surface area contributed by atoms with Crippen molar-refractivity contribution >= 4 is 45.9 Å². The van der Waals surface area contributed by atoms with Crippen molar-refractivity contribution in [2.75, 3.05) is 24.4 Å². The van der Waals surface area contributed by atoms with Crippen LogP contribution in [0.1, 0.15) is 18.4 Å². The second kappa shape index (κ2) is 8.91. The van der Waals surface area contributed by atoms with Crippen molar-refractivity contribution in [2.45, 2.75) is 24.7 Å². The van der Waals surface area contributed by atoms with E-state index in [0.717, 1.165) is 22.2 Å². The van der Waals surface area contributed by atoms with Gasteiger partial charge in [0.15, 0.2) is 0 Å². The lowest BCUT2D eigenvalue weighted by Crippen LogP contribution is -2.36. The molecule has 0 fully saturated rings. The maximum absolute atomic E-state index is 12.6. The number of nitrogens with one attached hydrogen (secondary N) is 1. The zero-order valence-electron chi connectivity index (χ0n) is 16.5. The van der Waals surface area contributed by atoms with Crippen molar-refractivity contribution in [3.8, 4) is 0 Å². The van der Waals surface area contributed by atoms with Crippen LogP contribution in [0.3, 0.4) is 0 Å². The SMILES string of the molecule is Cc1cccc(N2N=C(C(=O)Nc3ccc(SC(=O)N(C)C)cc3)CCC2=O)c1. The molecule has 8 heteroatoms. The highest BCUT2D eigenvalue weighted by Gasteiger charge is 2.25. The first-order valence-corrected chi connectivity index (χ1v) is 9.93. The minimum Gasteiger partial charge on any atom is -0.339 e. The molecule has 0 saturated carbocycles. The third-order valence-electron chi connectivity index (χ3n) is 4.22. The second-order valence-corrected chi connectivity index (χ2v) is 7.86. The van der Waals surface area contributed by atoms with E-state index in [-0.39, 0.29) is 29.9 Å². The van der Waals surface area contributed by atoms with E-state index in [9.17, 15) is 14.4 Å². The number of carbonyl (C=O) groups excluding carboxylic acids is 3. The lowest BCUT2D eigenvalue weighted by Gasteiger charge is -2.23. The van der Waals surface area contributed by atoms with Crippen molar-refractivity contribution in [1.29, 1.82) is 0 Å². The van der Waals surface area contributed by atoms with E-state index in [2.05, 4.69) is 10.4 Å². The van der Waals surface area contributed by atoms with Gasteiger partial charge < -0.3 is 10.2 Å². The molecular formula is C21H22N4O3S. The molecule has 1 aliphatic heterocycles. The summed E-state index contributed by atoms with van der Waals surface area (Å²) >= 11 is 1.11. The number of amides is 3. The monoisotopic (exact) mass is 410 g/mol. The van der Waals surface area contributed by atoms with Gasteiger partial charge in [0.25, 0.3) is 11.1 Å². The minimum atomic E-state index is -0.347. The molecular weight excluding hydrogens is 388 g/mol. The van der Waals surface area contributed by atoms with Gasteiger partial charge in [-0.2, -0.15) is 5.10 Å². The van der Waals surface area contributed by atoms with Crippen molar-refractivity contribution in [3.63, 3.8) is 0 Å². The van der Waals surface area contributed by atoms with Gasteiger partial charge in [-0.25, -0.2) is 5.01 Å².